The van der Waals surface area contributed by atoms with Crippen LogP contribution in [0.15, 0.2) is 462 Å². The zero-order chi connectivity index (χ0) is 92.9. The van der Waals surface area contributed by atoms with Gasteiger partial charge in [-0.2, -0.15) is 0 Å². The lowest BCUT2D eigenvalue weighted by molar-refractivity contribution is 0.669. The van der Waals surface area contributed by atoms with E-state index >= 15 is 0 Å². The SMILES string of the molecule is c1ccc(-c2cc(-c3cccc4c3oc3ccccc34)nc(-n3c4ccccc4c4c5oc6ccccc6c5ccc43)n2)cc1.c1ccc(-c2cc(-c3cccc4c3oc3ccccc34)nc(-n3c4ccccc4c4ccc5c6ccccc6oc5c43)n2)cc1.c1ccc2c(c1)oc1c(-c3cc(-c4cccc5c4oc4ccccc45)nc(-n4c5ccccc5c5c6oc7ccccc7c6ccc54)n3)cccc12. The smallest absolute Gasteiger partial charge is 0.235 e. The molecule has 13 heterocycles. The Morgan fingerprint density at radius 1 is 0.148 bits per heavy atom. The third-order valence-electron chi connectivity index (χ3n) is 28.1. The molecule has 0 aliphatic rings. The molecule has 0 bridgehead atoms. The van der Waals surface area contributed by atoms with E-state index in [1.165, 1.54) is 0 Å². The summed E-state index contributed by atoms with van der Waals surface area (Å²) in [6.45, 7) is 0. The van der Waals surface area contributed by atoms with Gasteiger partial charge in [-0.15, -0.1) is 0 Å². The topological polar surface area (TPSA) is 184 Å². The van der Waals surface area contributed by atoms with E-state index in [-0.39, 0.29) is 0 Å². The highest BCUT2D eigenvalue weighted by atomic mass is 16.4. The quantitative estimate of drug-likeness (QED) is 0.133. The molecule has 16 nitrogen and oxygen atoms in total. The molecule has 0 fully saturated rings. The van der Waals surface area contributed by atoms with Gasteiger partial charge >= 0.3 is 0 Å². The summed E-state index contributed by atoms with van der Waals surface area (Å²) in [4.78, 5) is 31.8. The van der Waals surface area contributed by atoms with Crippen molar-refractivity contribution in [2.45, 2.75) is 0 Å². The first kappa shape index (κ1) is 78.7. The Hall–Kier alpha value is -19.6. The zero-order valence-corrected chi connectivity index (χ0v) is 75.4. The second kappa shape index (κ2) is 31.0. The van der Waals surface area contributed by atoms with Crippen molar-refractivity contribution in [1.82, 2.24) is 43.6 Å². The summed E-state index contributed by atoms with van der Waals surface area (Å²) < 4.78 is 52.2. The van der Waals surface area contributed by atoms with Gasteiger partial charge in [0.05, 0.1) is 72.5 Å². The molecular formula is C126H71N9O7. The van der Waals surface area contributed by atoms with Crippen LogP contribution >= 0.6 is 0 Å². The molecule has 0 aliphatic heterocycles. The highest BCUT2D eigenvalue weighted by Gasteiger charge is 2.29. The number of fused-ring (bicyclic) bond motifs is 33. The van der Waals surface area contributed by atoms with E-state index in [1.54, 1.807) is 0 Å². The number of hydrogen-bond acceptors (Lipinski definition) is 13. The molecule has 142 heavy (non-hydrogen) atoms. The van der Waals surface area contributed by atoms with Crippen molar-refractivity contribution in [2.75, 3.05) is 0 Å². The Labute approximate surface area is 804 Å². The molecule has 16 heteroatoms. The fourth-order valence-corrected chi connectivity index (χ4v) is 21.8. The van der Waals surface area contributed by atoms with E-state index < -0.39 is 0 Å². The maximum Gasteiger partial charge on any atom is 0.235 e. The fourth-order valence-electron chi connectivity index (χ4n) is 21.8. The number of aromatic nitrogens is 9. The van der Waals surface area contributed by atoms with Crippen molar-refractivity contribution >= 4 is 219 Å². The summed E-state index contributed by atoms with van der Waals surface area (Å²) in [7, 11) is 0. The molecular weight excluding hydrogens is 1750 g/mol. The molecule has 19 aromatic carbocycles. The average Bonchev–Trinajstić information content (AvgIpc) is 1.56. The van der Waals surface area contributed by atoms with Crippen LogP contribution in [-0.4, -0.2) is 43.6 Å². The third-order valence-corrected chi connectivity index (χ3v) is 28.1. The Kier molecular flexibility index (Phi) is 17.2. The van der Waals surface area contributed by atoms with E-state index in [4.69, 9.17) is 60.8 Å². The molecule has 662 valence electrons. The number of hydrogen-bond donors (Lipinski definition) is 0. The molecule has 0 atom stereocenters. The van der Waals surface area contributed by atoms with Crippen molar-refractivity contribution < 1.29 is 30.9 Å². The summed E-state index contributed by atoms with van der Waals surface area (Å²) in [5.74, 6) is 1.69. The molecule has 0 saturated carbocycles. The lowest BCUT2D eigenvalue weighted by Crippen LogP contribution is -2.04. The summed E-state index contributed by atoms with van der Waals surface area (Å²) in [6, 6.07) is 147. The molecule has 0 amide bonds. The van der Waals surface area contributed by atoms with Gasteiger partial charge in [0, 0.05) is 130 Å². The lowest BCUT2D eigenvalue weighted by atomic mass is 10.0. The minimum atomic E-state index is 0.537. The summed E-state index contributed by atoms with van der Waals surface area (Å²) in [5.41, 5.74) is 28.0. The normalized spacial score (nSPS) is 12.1. The van der Waals surface area contributed by atoms with Gasteiger partial charge in [0.15, 0.2) is 5.58 Å². The van der Waals surface area contributed by atoms with E-state index in [1.807, 2.05) is 146 Å². The zero-order valence-electron chi connectivity index (χ0n) is 75.4. The molecule has 32 aromatic rings. The van der Waals surface area contributed by atoms with Crippen molar-refractivity contribution in [3.8, 4) is 85.4 Å². The van der Waals surface area contributed by atoms with Crippen LogP contribution in [0, 0.1) is 0 Å². The van der Waals surface area contributed by atoms with Gasteiger partial charge in [-0.3, -0.25) is 13.7 Å². The number of nitrogens with zero attached hydrogens (tertiary/aromatic N) is 9. The van der Waals surface area contributed by atoms with Crippen molar-refractivity contribution in [3.63, 3.8) is 0 Å². The van der Waals surface area contributed by atoms with Gasteiger partial charge in [0.25, 0.3) is 0 Å². The number of rotatable bonds is 9. The van der Waals surface area contributed by atoms with Gasteiger partial charge in [-0.25, -0.2) is 29.9 Å². The van der Waals surface area contributed by atoms with E-state index in [9.17, 15) is 0 Å². The minimum absolute atomic E-state index is 0.537. The molecule has 0 spiro atoms. The van der Waals surface area contributed by atoms with Gasteiger partial charge in [0.1, 0.15) is 78.1 Å². The van der Waals surface area contributed by atoms with E-state index in [2.05, 4.69) is 299 Å². The second-order valence-corrected chi connectivity index (χ2v) is 36.0. The molecule has 13 aromatic heterocycles. The Bertz CT molecular complexity index is 10800. The molecule has 0 saturated heterocycles. The Morgan fingerprint density at radius 3 is 0.725 bits per heavy atom. The Balaban J connectivity index is 0.000000100. The van der Waals surface area contributed by atoms with Crippen molar-refractivity contribution in [2.24, 2.45) is 0 Å². The first-order valence-corrected chi connectivity index (χ1v) is 47.3. The number of para-hydroxylation sites is 14. The first-order valence-electron chi connectivity index (χ1n) is 47.3. The van der Waals surface area contributed by atoms with Crippen LogP contribution in [0.5, 0.6) is 0 Å². The molecule has 32 rings (SSSR count). The molecule has 0 N–H and O–H groups in total. The van der Waals surface area contributed by atoms with Crippen LogP contribution in [0.3, 0.4) is 0 Å². The van der Waals surface area contributed by atoms with Gasteiger partial charge in [-0.05, 0) is 133 Å². The lowest BCUT2D eigenvalue weighted by Gasteiger charge is -2.12. The summed E-state index contributed by atoms with van der Waals surface area (Å²) in [5, 5.41) is 21.5. The molecule has 0 radical (unpaired) electrons. The van der Waals surface area contributed by atoms with Crippen LogP contribution in [0.4, 0.5) is 0 Å². The van der Waals surface area contributed by atoms with Crippen LogP contribution < -0.4 is 0 Å². The highest BCUT2D eigenvalue weighted by Crippen LogP contribution is 2.49. The fraction of sp³-hybridized carbons (Fsp3) is 0. The summed E-state index contributed by atoms with van der Waals surface area (Å²) >= 11 is 0. The maximum atomic E-state index is 6.59. The van der Waals surface area contributed by atoms with Crippen molar-refractivity contribution in [3.05, 3.63) is 431 Å². The van der Waals surface area contributed by atoms with Crippen LogP contribution in [-0.2, 0) is 0 Å². The van der Waals surface area contributed by atoms with Crippen LogP contribution in [0.1, 0.15) is 0 Å². The summed E-state index contributed by atoms with van der Waals surface area (Å²) in [6.07, 6.45) is 0. The van der Waals surface area contributed by atoms with Gasteiger partial charge in [0.2, 0.25) is 17.8 Å². The second-order valence-electron chi connectivity index (χ2n) is 36.0. The van der Waals surface area contributed by atoms with E-state index in [0.29, 0.717) is 17.8 Å². The van der Waals surface area contributed by atoms with E-state index in [0.717, 1.165) is 287 Å². The Morgan fingerprint density at radius 2 is 0.380 bits per heavy atom. The van der Waals surface area contributed by atoms with Gasteiger partial charge in [-0.1, -0.05) is 297 Å². The highest BCUT2D eigenvalue weighted by molar-refractivity contribution is 6.27. The predicted molar refractivity (Wildman–Crippen MR) is 573 cm³/mol. The monoisotopic (exact) mass is 1820 g/mol. The maximum absolute atomic E-state index is 6.59. The average molecular weight is 1820 g/mol. The number of benzene rings is 19. The largest absolute Gasteiger partial charge is 0.455 e. The minimum Gasteiger partial charge on any atom is -0.455 e. The molecule has 0 unspecified atom stereocenters. The van der Waals surface area contributed by atoms with Crippen LogP contribution in [0.25, 0.3) is 304 Å². The first-order chi connectivity index (χ1) is 70.4. The molecule has 0 aliphatic carbocycles. The standard InChI is InChI=1S/C46H25N3O3.2C40H23N3O2/c1-5-19-37-34(14-1)42-38(24-23-31-28-13-4-8-22-41(28)52-45(31)42)49(37)46-47-35(32-17-9-15-29-26-11-2-6-20-39(26)50-43(29)32)25-36(48-46)33-18-10-16-30-27-12-3-7-21-40(27)51-44(30)33;1-2-11-24(12-3-1)31-23-32(29-17-10-16-27-25-13-5-8-19-35(25)44-38(27)29)42-40(41-31)43-33-18-7-4-15-30(33)37-34(43)22-21-28-26-14-6-9-20-36(26)45-39(28)37;1-2-11-24(12-3-1)32-23-33(31-17-10-16-29-26-14-5-8-19-35(26)44-38(29)31)42-40(41-32)43-34-18-7-4-13-25(34)28-21-22-30-27-15-6-9-20-36(27)45-39(30)37(28)43/h1-25H;2*1-23H. The number of furan rings is 7. The third kappa shape index (κ3) is 12.1. The van der Waals surface area contributed by atoms with Gasteiger partial charge < -0.3 is 30.9 Å². The van der Waals surface area contributed by atoms with Crippen molar-refractivity contribution in [1.29, 1.82) is 0 Å². The van der Waals surface area contributed by atoms with Crippen LogP contribution in [0.2, 0.25) is 0 Å². The predicted octanol–water partition coefficient (Wildman–Crippen LogP) is 34.0.